The van der Waals surface area contributed by atoms with Gasteiger partial charge in [-0.25, -0.2) is 4.98 Å². The molecule has 18 heavy (non-hydrogen) atoms. The largest absolute Gasteiger partial charge is 0.365 e. The van der Waals surface area contributed by atoms with Crippen molar-refractivity contribution in [3.63, 3.8) is 0 Å². The van der Waals surface area contributed by atoms with Crippen LogP contribution in [0.2, 0.25) is 10.3 Å². The van der Waals surface area contributed by atoms with Crippen molar-refractivity contribution in [2.75, 3.05) is 12.4 Å². The number of nitrogens with one attached hydrogen (secondary N) is 2. The second-order valence-corrected chi connectivity index (χ2v) is 4.98. The van der Waals surface area contributed by atoms with Crippen LogP contribution in [0.15, 0.2) is 6.20 Å². The summed E-state index contributed by atoms with van der Waals surface area (Å²) < 4.78 is 0. The highest BCUT2D eigenvalue weighted by Gasteiger charge is 2.32. The molecule has 1 aromatic rings. The Labute approximate surface area is 115 Å². The van der Waals surface area contributed by atoms with Gasteiger partial charge < -0.3 is 10.6 Å². The monoisotopic (exact) mass is 288 g/mol. The molecular weight excluding hydrogens is 275 g/mol. The third-order valence-corrected chi connectivity index (χ3v) is 3.59. The molecule has 0 aliphatic heterocycles. The zero-order valence-electron chi connectivity index (χ0n) is 9.91. The van der Waals surface area contributed by atoms with E-state index in [0.717, 1.165) is 19.3 Å². The van der Waals surface area contributed by atoms with E-state index in [9.17, 15) is 4.79 Å². The maximum atomic E-state index is 11.7. The van der Waals surface area contributed by atoms with E-state index >= 15 is 0 Å². The van der Waals surface area contributed by atoms with Crippen molar-refractivity contribution >= 4 is 34.9 Å². The van der Waals surface area contributed by atoms with Crippen LogP contribution >= 0.6 is 23.2 Å². The molecule has 1 aliphatic rings. The average molecular weight is 289 g/mol. The molecule has 0 spiro atoms. The molecule has 1 saturated carbocycles. The van der Waals surface area contributed by atoms with Gasteiger partial charge in [0.2, 0.25) is 11.2 Å². The lowest BCUT2D eigenvalue weighted by Crippen LogP contribution is -2.36. The topological polar surface area (TPSA) is 66.9 Å². The van der Waals surface area contributed by atoms with Crippen LogP contribution in [0.4, 0.5) is 5.82 Å². The van der Waals surface area contributed by atoms with Gasteiger partial charge in [-0.15, -0.1) is 0 Å². The van der Waals surface area contributed by atoms with Gasteiger partial charge in [-0.2, -0.15) is 4.98 Å². The molecule has 1 heterocycles. The van der Waals surface area contributed by atoms with Crippen molar-refractivity contribution in [2.45, 2.75) is 25.3 Å². The van der Waals surface area contributed by atoms with Gasteiger partial charge >= 0.3 is 0 Å². The van der Waals surface area contributed by atoms with Crippen LogP contribution in [0.1, 0.15) is 19.3 Å². The van der Waals surface area contributed by atoms with Gasteiger partial charge in [0.25, 0.3) is 0 Å². The highest BCUT2D eigenvalue weighted by Crippen LogP contribution is 2.30. The number of hydrogen-bond acceptors (Lipinski definition) is 4. The molecule has 2 rings (SSSR count). The average Bonchev–Trinajstić information content (AvgIpc) is 2.81. The molecule has 0 unspecified atom stereocenters. The van der Waals surface area contributed by atoms with Crippen molar-refractivity contribution in [3.05, 3.63) is 16.5 Å². The van der Waals surface area contributed by atoms with Crippen LogP contribution in [-0.4, -0.2) is 29.0 Å². The molecule has 1 aromatic heterocycles. The third kappa shape index (κ3) is 2.84. The summed E-state index contributed by atoms with van der Waals surface area (Å²) in [6, 6.07) is 0.0356. The summed E-state index contributed by atoms with van der Waals surface area (Å²) in [6.45, 7) is 0. The van der Waals surface area contributed by atoms with Gasteiger partial charge in [0.1, 0.15) is 10.8 Å². The maximum Gasteiger partial charge on any atom is 0.224 e. The van der Waals surface area contributed by atoms with E-state index in [1.807, 2.05) is 0 Å². The van der Waals surface area contributed by atoms with Crippen LogP contribution in [0.25, 0.3) is 0 Å². The van der Waals surface area contributed by atoms with Crippen molar-refractivity contribution in [2.24, 2.45) is 5.92 Å². The minimum atomic E-state index is -0.0557. The normalized spacial score (nSPS) is 22.8. The number of carbonyl (C=O) groups is 1. The van der Waals surface area contributed by atoms with E-state index in [2.05, 4.69) is 20.6 Å². The lowest BCUT2D eigenvalue weighted by molar-refractivity contribution is -0.124. The minimum absolute atomic E-state index is 0.0356. The quantitative estimate of drug-likeness (QED) is 0.836. The SMILES string of the molecule is CNC(=O)[C@H]1CCC[C@H]1Nc1nc(Cl)ncc1Cl. The molecule has 1 fully saturated rings. The fourth-order valence-corrected chi connectivity index (χ4v) is 2.53. The molecule has 0 saturated heterocycles. The summed E-state index contributed by atoms with van der Waals surface area (Å²) in [5.74, 6) is 0.471. The summed E-state index contributed by atoms with van der Waals surface area (Å²) in [5.41, 5.74) is 0. The second-order valence-electron chi connectivity index (χ2n) is 4.24. The summed E-state index contributed by atoms with van der Waals surface area (Å²) in [7, 11) is 1.65. The third-order valence-electron chi connectivity index (χ3n) is 3.14. The minimum Gasteiger partial charge on any atom is -0.365 e. The molecule has 7 heteroatoms. The highest BCUT2D eigenvalue weighted by atomic mass is 35.5. The first-order valence-electron chi connectivity index (χ1n) is 5.78. The first-order chi connectivity index (χ1) is 8.61. The van der Waals surface area contributed by atoms with E-state index in [-0.39, 0.29) is 23.2 Å². The Kier molecular flexibility index (Phi) is 4.24. The Bertz CT molecular complexity index is 455. The second kappa shape index (κ2) is 5.71. The number of anilines is 1. The molecule has 5 nitrogen and oxygen atoms in total. The first kappa shape index (κ1) is 13.4. The maximum absolute atomic E-state index is 11.7. The highest BCUT2D eigenvalue weighted by molar-refractivity contribution is 6.33. The Hall–Kier alpha value is -1.07. The number of rotatable bonds is 3. The lowest BCUT2D eigenvalue weighted by Gasteiger charge is -2.20. The van der Waals surface area contributed by atoms with Crippen LogP contribution in [-0.2, 0) is 4.79 Å². The van der Waals surface area contributed by atoms with Crippen LogP contribution in [0.5, 0.6) is 0 Å². The van der Waals surface area contributed by atoms with Gasteiger partial charge in [-0.05, 0) is 24.4 Å². The number of amides is 1. The number of nitrogens with zero attached hydrogens (tertiary/aromatic N) is 2. The number of halogens is 2. The van der Waals surface area contributed by atoms with Crippen molar-refractivity contribution in [1.82, 2.24) is 15.3 Å². The number of aromatic nitrogens is 2. The smallest absolute Gasteiger partial charge is 0.224 e. The molecular formula is C11H14Cl2N4O. The predicted octanol–water partition coefficient (Wildman–Crippen LogP) is 2.11. The Morgan fingerprint density at radius 2 is 2.22 bits per heavy atom. The standard InChI is InChI=1S/C11H14Cl2N4O/c1-14-10(18)6-3-2-4-8(6)16-9-7(12)5-15-11(13)17-9/h5-6,8H,2-4H2,1H3,(H,14,18)(H,15,16,17)/t6-,8+/m0/s1. The van der Waals surface area contributed by atoms with Gasteiger partial charge in [0.05, 0.1) is 12.1 Å². The van der Waals surface area contributed by atoms with Gasteiger partial charge in [-0.1, -0.05) is 18.0 Å². The molecule has 2 N–H and O–H groups in total. The zero-order chi connectivity index (χ0) is 13.1. The van der Waals surface area contributed by atoms with Crippen LogP contribution in [0.3, 0.4) is 0 Å². The van der Waals surface area contributed by atoms with Gasteiger partial charge in [0, 0.05) is 13.1 Å². The fourth-order valence-electron chi connectivity index (χ4n) is 2.25. The molecule has 0 bridgehead atoms. The lowest BCUT2D eigenvalue weighted by atomic mass is 10.0. The Morgan fingerprint density at radius 3 is 2.94 bits per heavy atom. The van der Waals surface area contributed by atoms with E-state index < -0.39 is 0 Å². The predicted molar refractivity (Wildman–Crippen MR) is 70.9 cm³/mol. The van der Waals surface area contributed by atoms with Crippen molar-refractivity contribution in [3.8, 4) is 0 Å². The van der Waals surface area contributed by atoms with Crippen LogP contribution < -0.4 is 10.6 Å². The molecule has 0 radical (unpaired) electrons. The van der Waals surface area contributed by atoms with Crippen LogP contribution in [0, 0.1) is 5.92 Å². The molecule has 2 atom stereocenters. The molecule has 1 aliphatic carbocycles. The Balaban J connectivity index is 2.13. The van der Waals surface area contributed by atoms with Crippen molar-refractivity contribution < 1.29 is 4.79 Å². The number of carbonyl (C=O) groups excluding carboxylic acids is 1. The fraction of sp³-hybridized carbons (Fsp3) is 0.545. The molecule has 0 aromatic carbocycles. The van der Waals surface area contributed by atoms with E-state index in [4.69, 9.17) is 23.2 Å². The van der Waals surface area contributed by atoms with E-state index in [1.54, 1.807) is 7.05 Å². The summed E-state index contributed by atoms with van der Waals surface area (Å²) in [6.07, 6.45) is 4.24. The summed E-state index contributed by atoms with van der Waals surface area (Å²) in [4.78, 5) is 19.5. The van der Waals surface area contributed by atoms with Gasteiger partial charge in [0.15, 0.2) is 0 Å². The summed E-state index contributed by atoms with van der Waals surface area (Å²) in [5, 5.41) is 6.41. The zero-order valence-corrected chi connectivity index (χ0v) is 11.4. The number of hydrogen-bond donors (Lipinski definition) is 2. The van der Waals surface area contributed by atoms with Crippen molar-refractivity contribution in [1.29, 1.82) is 0 Å². The molecule has 98 valence electrons. The van der Waals surface area contributed by atoms with E-state index in [0.29, 0.717) is 10.8 Å². The molecule has 1 amide bonds. The first-order valence-corrected chi connectivity index (χ1v) is 6.53. The Morgan fingerprint density at radius 1 is 1.44 bits per heavy atom. The van der Waals surface area contributed by atoms with E-state index in [1.165, 1.54) is 6.20 Å². The van der Waals surface area contributed by atoms with Gasteiger partial charge in [-0.3, -0.25) is 4.79 Å². The summed E-state index contributed by atoms with van der Waals surface area (Å²) >= 11 is 11.7.